The maximum atomic E-state index is 12.8. The Hall–Kier alpha value is -0.570. The maximum Gasteiger partial charge on any atom is 0.239 e. The molecule has 0 spiro atoms. The summed E-state index contributed by atoms with van der Waals surface area (Å²) in [7, 11) is 0. The molecule has 1 aliphatic carbocycles. The van der Waals surface area contributed by atoms with E-state index in [-0.39, 0.29) is 6.04 Å². The molecule has 0 bridgehead atoms. The van der Waals surface area contributed by atoms with Gasteiger partial charge in [-0.05, 0) is 50.4 Å². The first-order chi connectivity index (χ1) is 10.3. The fourth-order valence-corrected chi connectivity index (χ4v) is 4.81. The van der Waals surface area contributed by atoms with E-state index in [2.05, 4.69) is 17.1 Å². The van der Waals surface area contributed by atoms with Crippen LogP contribution in [0.5, 0.6) is 0 Å². The highest BCUT2D eigenvalue weighted by Crippen LogP contribution is 2.34. The highest BCUT2D eigenvalue weighted by Gasteiger charge is 2.39. The largest absolute Gasteiger partial charge is 0.341 e. The van der Waals surface area contributed by atoms with E-state index in [4.69, 9.17) is 0 Å². The molecule has 4 unspecified atom stereocenters. The molecule has 2 heterocycles. The second kappa shape index (κ2) is 7.13. The second-order valence-corrected chi connectivity index (χ2v) is 7.52. The van der Waals surface area contributed by atoms with Gasteiger partial charge in [-0.1, -0.05) is 32.6 Å². The molecule has 120 valence electrons. The summed E-state index contributed by atoms with van der Waals surface area (Å²) in [6, 6.07) is 0.758. The average molecular weight is 292 g/mol. The zero-order chi connectivity index (χ0) is 14.7. The van der Waals surface area contributed by atoms with E-state index in [9.17, 15) is 4.79 Å². The van der Waals surface area contributed by atoms with Crippen molar-refractivity contribution >= 4 is 5.91 Å². The summed E-state index contributed by atoms with van der Waals surface area (Å²) >= 11 is 0. The third kappa shape index (κ3) is 3.61. The Balaban J connectivity index is 1.53. The fraction of sp³-hybridized carbons (Fsp3) is 0.944. The number of likely N-dealkylation sites (tertiary alicyclic amines) is 1. The first kappa shape index (κ1) is 15.3. The van der Waals surface area contributed by atoms with Crippen LogP contribution in [-0.2, 0) is 4.79 Å². The molecule has 1 N–H and O–H groups in total. The summed E-state index contributed by atoms with van der Waals surface area (Å²) in [6.45, 7) is 4.27. The number of carbonyl (C=O) groups excluding carboxylic acids is 1. The molecule has 2 saturated heterocycles. The van der Waals surface area contributed by atoms with Crippen molar-refractivity contribution < 1.29 is 4.79 Å². The molecular weight excluding hydrogens is 260 g/mol. The van der Waals surface area contributed by atoms with E-state index in [0.29, 0.717) is 11.9 Å². The van der Waals surface area contributed by atoms with Crippen molar-refractivity contribution in [3.63, 3.8) is 0 Å². The van der Waals surface area contributed by atoms with E-state index in [1.165, 1.54) is 57.8 Å². The number of fused-ring (bicyclic) bond motifs is 1. The fourth-order valence-electron chi connectivity index (χ4n) is 4.81. The third-order valence-corrected chi connectivity index (χ3v) is 6.02. The van der Waals surface area contributed by atoms with Crippen molar-refractivity contribution in [1.29, 1.82) is 0 Å². The number of hydrogen-bond donors (Lipinski definition) is 1. The summed E-state index contributed by atoms with van der Waals surface area (Å²) < 4.78 is 0. The lowest BCUT2D eigenvalue weighted by molar-refractivity contribution is -0.133. The Kier molecular flexibility index (Phi) is 5.20. The minimum Gasteiger partial charge on any atom is -0.341 e. The topological polar surface area (TPSA) is 32.3 Å². The summed E-state index contributed by atoms with van der Waals surface area (Å²) in [5, 5.41) is 3.66. The third-order valence-electron chi connectivity index (χ3n) is 6.02. The van der Waals surface area contributed by atoms with Gasteiger partial charge in [0.25, 0.3) is 0 Å². The molecular formula is C18H32N2O. The number of nitrogens with one attached hydrogen (secondary N) is 1. The zero-order valence-electron chi connectivity index (χ0n) is 13.7. The van der Waals surface area contributed by atoms with Crippen molar-refractivity contribution in [3.05, 3.63) is 0 Å². The van der Waals surface area contributed by atoms with Crippen molar-refractivity contribution in [2.24, 2.45) is 11.8 Å². The van der Waals surface area contributed by atoms with Gasteiger partial charge in [0, 0.05) is 19.1 Å². The standard InChI is InChI=1S/C18H32N2O/c1-2-6-14-7-5-11-20(12-10-14)18(21)17-13-15-8-3-4-9-16(15)19-17/h14-17,19H,2-13H2,1H3. The predicted octanol–water partition coefficient (Wildman–Crippen LogP) is 3.34. The van der Waals surface area contributed by atoms with Gasteiger partial charge in [0.2, 0.25) is 5.91 Å². The van der Waals surface area contributed by atoms with Gasteiger partial charge in [-0.25, -0.2) is 0 Å². The number of carbonyl (C=O) groups is 1. The molecule has 3 rings (SSSR count). The van der Waals surface area contributed by atoms with Crippen LogP contribution >= 0.6 is 0 Å². The predicted molar refractivity (Wildman–Crippen MR) is 86.1 cm³/mol. The van der Waals surface area contributed by atoms with Crippen molar-refractivity contribution in [1.82, 2.24) is 10.2 Å². The lowest BCUT2D eigenvalue weighted by Crippen LogP contribution is -2.45. The molecule has 0 radical (unpaired) electrons. The van der Waals surface area contributed by atoms with E-state index < -0.39 is 0 Å². The second-order valence-electron chi connectivity index (χ2n) is 7.52. The first-order valence-corrected chi connectivity index (χ1v) is 9.32. The average Bonchev–Trinajstić information content (AvgIpc) is 2.80. The Morgan fingerprint density at radius 3 is 2.76 bits per heavy atom. The molecule has 4 atom stereocenters. The SMILES string of the molecule is CCCC1CCCN(C(=O)C2CC3CCCCC3N2)CC1. The van der Waals surface area contributed by atoms with Crippen molar-refractivity contribution in [2.45, 2.75) is 83.2 Å². The molecule has 0 aromatic carbocycles. The maximum absolute atomic E-state index is 12.8. The number of nitrogens with zero attached hydrogens (tertiary/aromatic N) is 1. The molecule has 21 heavy (non-hydrogen) atoms. The zero-order valence-corrected chi connectivity index (χ0v) is 13.7. The van der Waals surface area contributed by atoms with Gasteiger partial charge in [0.1, 0.15) is 0 Å². The lowest BCUT2D eigenvalue weighted by atomic mass is 9.85. The van der Waals surface area contributed by atoms with Gasteiger partial charge >= 0.3 is 0 Å². The highest BCUT2D eigenvalue weighted by atomic mass is 16.2. The van der Waals surface area contributed by atoms with Crippen LogP contribution in [0.4, 0.5) is 0 Å². The van der Waals surface area contributed by atoms with Gasteiger partial charge in [-0.3, -0.25) is 4.79 Å². The molecule has 0 aromatic rings. The number of amides is 1. The molecule has 3 fully saturated rings. The van der Waals surface area contributed by atoms with E-state index in [1.54, 1.807) is 0 Å². The molecule has 0 aromatic heterocycles. The monoisotopic (exact) mass is 292 g/mol. The van der Waals surface area contributed by atoms with Gasteiger partial charge < -0.3 is 10.2 Å². The molecule has 3 aliphatic rings. The summed E-state index contributed by atoms with van der Waals surface area (Å²) in [5.74, 6) is 2.03. The van der Waals surface area contributed by atoms with Crippen LogP contribution in [-0.4, -0.2) is 36.0 Å². The first-order valence-electron chi connectivity index (χ1n) is 9.32. The molecule has 3 heteroatoms. The Morgan fingerprint density at radius 2 is 1.95 bits per heavy atom. The van der Waals surface area contributed by atoms with Gasteiger partial charge in [-0.15, -0.1) is 0 Å². The van der Waals surface area contributed by atoms with Crippen LogP contribution < -0.4 is 5.32 Å². The van der Waals surface area contributed by atoms with Gasteiger partial charge in [0.05, 0.1) is 6.04 Å². The minimum atomic E-state index is 0.126. The highest BCUT2D eigenvalue weighted by molar-refractivity contribution is 5.82. The Bertz CT molecular complexity index is 343. The van der Waals surface area contributed by atoms with Gasteiger partial charge in [-0.2, -0.15) is 0 Å². The van der Waals surface area contributed by atoms with Crippen molar-refractivity contribution in [3.8, 4) is 0 Å². The summed E-state index contributed by atoms with van der Waals surface area (Å²) in [4.78, 5) is 15.0. The number of rotatable bonds is 3. The van der Waals surface area contributed by atoms with Crippen LogP contribution in [0.25, 0.3) is 0 Å². The van der Waals surface area contributed by atoms with E-state index in [1.807, 2.05) is 0 Å². The normalized spacial score (nSPS) is 37.1. The summed E-state index contributed by atoms with van der Waals surface area (Å²) in [6.07, 6.45) is 12.8. The Labute approximate surface area is 129 Å². The van der Waals surface area contributed by atoms with Crippen molar-refractivity contribution in [2.75, 3.05) is 13.1 Å². The molecule has 1 amide bonds. The smallest absolute Gasteiger partial charge is 0.239 e. The van der Waals surface area contributed by atoms with Crippen LogP contribution in [0, 0.1) is 11.8 Å². The minimum absolute atomic E-state index is 0.126. The molecule has 1 saturated carbocycles. The number of hydrogen-bond acceptors (Lipinski definition) is 2. The lowest BCUT2D eigenvalue weighted by Gasteiger charge is -2.25. The Morgan fingerprint density at radius 1 is 1.10 bits per heavy atom. The van der Waals surface area contributed by atoms with Crippen LogP contribution in [0.3, 0.4) is 0 Å². The molecule has 3 nitrogen and oxygen atoms in total. The van der Waals surface area contributed by atoms with E-state index >= 15 is 0 Å². The molecule has 2 aliphatic heterocycles. The van der Waals surface area contributed by atoms with Gasteiger partial charge in [0.15, 0.2) is 0 Å². The van der Waals surface area contributed by atoms with Crippen LogP contribution in [0.1, 0.15) is 71.1 Å². The van der Waals surface area contributed by atoms with Crippen LogP contribution in [0.2, 0.25) is 0 Å². The quantitative estimate of drug-likeness (QED) is 0.865. The van der Waals surface area contributed by atoms with E-state index in [0.717, 1.165) is 31.3 Å². The summed E-state index contributed by atoms with van der Waals surface area (Å²) in [5.41, 5.74) is 0. The van der Waals surface area contributed by atoms with Crippen LogP contribution in [0.15, 0.2) is 0 Å².